The molecule has 3 heterocycles. The quantitative estimate of drug-likeness (QED) is 0.742. The molecule has 0 radical (unpaired) electrons. The second-order valence-electron chi connectivity index (χ2n) is 7.52. The Morgan fingerprint density at radius 3 is 2.38 bits per heavy atom. The summed E-state index contributed by atoms with van der Waals surface area (Å²) < 4.78 is 0. The van der Waals surface area contributed by atoms with Crippen molar-refractivity contribution in [3.8, 4) is 0 Å². The van der Waals surface area contributed by atoms with Crippen molar-refractivity contribution in [1.82, 2.24) is 19.7 Å². The van der Waals surface area contributed by atoms with E-state index in [1.165, 1.54) is 0 Å². The van der Waals surface area contributed by atoms with Gasteiger partial charge in [-0.3, -0.25) is 29.2 Å². The predicted octanol–water partition coefficient (Wildman–Crippen LogP) is 1.80. The normalized spacial score (nSPS) is 18.5. The molecule has 3 amide bonds. The third-order valence-corrected chi connectivity index (χ3v) is 5.60. The van der Waals surface area contributed by atoms with Crippen molar-refractivity contribution in [2.75, 3.05) is 26.2 Å². The Bertz CT molecular complexity index is 896. The van der Waals surface area contributed by atoms with Gasteiger partial charge >= 0.3 is 0 Å². The minimum atomic E-state index is -0.813. The number of imide groups is 1. The first kappa shape index (κ1) is 19.3. The molecule has 0 bridgehead atoms. The number of pyridine rings is 1. The van der Waals surface area contributed by atoms with Crippen LogP contribution in [0.25, 0.3) is 0 Å². The van der Waals surface area contributed by atoms with Crippen molar-refractivity contribution < 1.29 is 14.4 Å². The van der Waals surface area contributed by atoms with E-state index in [9.17, 15) is 14.4 Å². The molecule has 2 aliphatic rings. The average Bonchev–Trinajstić information content (AvgIpc) is 2.89. The van der Waals surface area contributed by atoms with E-state index in [0.717, 1.165) is 36.5 Å². The molecule has 1 saturated heterocycles. The molecule has 1 atom stereocenters. The molecule has 7 heteroatoms. The van der Waals surface area contributed by atoms with Gasteiger partial charge in [-0.15, -0.1) is 0 Å². The summed E-state index contributed by atoms with van der Waals surface area (Å²) in [6.45, 7) is 5.27. The number of aromatic nitrogens is 1. The molecule has 150 valence electrons. The lowest BCUT2D eigenvalue weighted by molar-refractivity contribution is -0.134. The lowest BCUT2D eigenvalue weighted by atomic mass is 10.1. The van der Waals surface area contributed by atoms with Crippen molar-refractivity contribution in [2.45, 2.75) is 25.9 Å². The largest absolute Gasteiger partial charge is 0.340 e. The van der Waals surface area contributed by atoms with Gasteiger partial charge in [0.25, 0.3) is 11.8 Å². The number of hydrogen-bond acceptors (Lipinski definition) is 5. The minimum Gasteiger partial charge on any atom is -0.340 e. The molecule has 1 aromatic carbocycles. The van der Waals surface area contributed by atoms with Crippen LogP contribution in [0.4, 0.5) is 0 Å². The summed E-state index contributed by atoms with van der Waals surface area (Å²) in [5, 5.41) is 0. The van der Waals surface area contributed by atoms with Gasteiger partial charge < -0.3 is 4.90 Å². The van der Waals surface area contributed by atoms with E-state index in [2.05, 4.69) is 9.88 Å². The summed E-state index contributed by atoms with van der Waals surface area (Å²) in [7, 11) is 0. The van der Waals surface area contributed by atoms with E-state index in [4.69, 9.17) is 0 Å². The number of rotatable bonds is 4. The second kappa shape index (κ2) is 8.13. The summed E-state index contributed by atoms with van der Waals surface area (Å²) in [5.74, 6) is -0.957. The SMILES string of the molecule is CC(C(=O)N1CCCN(Cc2cccnc2)CC1)N1C(=O)c2ccccc2C1=O. The molecule has 2 aliphatic heterocycles. The highest BCUT2D eigenvalue weighted by atomic mass is 16.2. The van der Waals surface area contributed by atoms with Gasteiger partial charge in [-0.2, -0.15) is 0 Å². The first-order valence-corrected chi connectivity index (χ1v) is 9.93. The van der Waals surface area contributed by atoms with Crippen molar-refractivity contribution >= 4 is 17.7 Å². The van der Waals surface area contributed by atoms with Crippen LogP contribution in [0.1, 0.15) is 39.6 Å². The number of carbonyl (C=O) groups excluding carboxylic acids is 3. The highest BCUT2D eigenvalue weighted by Crippen LogP contribution is 2.25. The fourth-order valence-corrected chi connectivity index (χ4v) is 4.03. The van der Waals surface area contributed by atoms with Crippen molar-refractivity contribution in [3.63, 3.8) is 0 Å². The molecule has 4 rings (SSSR count). The average molecular weight is 392 g/mol. The summed E-state index contributed by atoms with van der Waals surface area (Å²) in [5.41, 5.74) is 1.89. The first-order chi connectivity index (χ1) is 14.1. The van der Waals surface area contributed by atoms with Crippen LogP contribution in [0.2, 0.25) is 0 Å². The Labute approximate surface area is 169 Å². The number of benzene rings is 1. The molecule has 7 nitrogen and oxygen atoms in total. The Morgan fingerprint density at radius 2 is 1.72 bits per heavy atom. The molecule has 29 heavy (non-hydrogen) atoms. The van der Waals surface area contributed by atoms with Gasteiger partial charge in [0.15, 0.2) is 0 Å². The molecule has 1 fully saturated rings. The molecular weight excluding hydrogens is 368 g/mol. The van der Waals surface area contributed by atoms with Crippen molar-refractivity contribution in [1.29, 1.82) is 0 Å². The number of nitrogens with zero attached hydrogens (tertiary/aromatic N) is 4. The van der Waals surface area contributed by atoms with Crippen LogP contribution in [0, 0.1) is 0 Å². The van der Waals surface area contributed by atoms with E-state index in [1.54, 1.807) is 42.3 Å². The van der Waals surface area contributed by atoms with Crippen LogP contribution in [-0.2, 0) is 11.3 Å². The summed E-state index contributed by atoms with van der Waals surface area (Å²) in [6, 6.07) is 9.88. The van der Waals surface area contributed by atoms with Gasteiger partial charge in [-0.05, 0) is 37.1 Å². The van der Waals surface area contributed by atoms with Crippen molar-refractivity contribution in [2.24, 2.45) is 0 Å². The molecule has 2 aromatic rings. The summed E-state index contributed by atoms with van der Waals surface area (Å²) in [4.78, 5) is 47.8. The second-order valence-corrected chi connectivity index (χ2v) is 7.52. The minimum absolute atomic E-state index is 0.178. The van der Waals surface area contributed by atoms with Gasteiger partial charge in [-0.25, -0.2) is 0 Å². The Hall–Kier alpha value is -3.06. The maximum Gasteiger partial charge on any atom is 0.262 e. The van der Waals surface area contributed by atoms with Crippen LogP contribution in [0.15, 0.2) is 48.8 Å². The van der Waals surface area contributed by atoms with Gasteiger partial charge in [-0.1, -0.05) is 18.2 Å². The van der Waals surface area contributed by atoms with Crippen LogP contribution in [0.3, 0.4) is 0 Å². The van der Waals surface area contributed by atoms with Gasteiger partial charge in [0, 0.05) is 45.1 Å². The zero-order chi connectivity index (χ0) is 20.4. The van der Waals surface area contributed by atoms with Crippen LogP contribution < -0.4 is 0 Å². The van der Waals surface area contributed by atoms with Crippen molar-refractivity contribution in [3.05, 3.63) is 65.5 Å². The van der Waals surface area contributed by atoms with Gasteiger partial charge in [0.05, 0.1) is 11.1 Å². The number of hydrogen-bond donors (Lipinski definition) is 0. The molecule has 0 aliphatic carbocycles. The van der Waals surface area contributed by atoms with Crippen LogP contribution >= 0.6 is 0 Å². The molecule has 1 unspecified atom stereocenters. The summed E-state index contributed by atoms with van der Waals surface area (Å²) in [6.07, 6.45) is 4.46. The highest BCUT2D eigenvalue weighted by Gasteiger charge is 2.41. The molecule has 0 N–H and O–H groups in total. The Balaban J connectivity index is 1.41. The lowest BCUT2D eigenvalue weighted by Gasteiger charge is -2.28. The van der Waals surface area contributed by atoms with Gasteiger partial charge in [0.2, 0.25) is 5.91 Å². The van der Waals surface area contributed by atoms with Crippen LogP contribution in [-0.4, -0.2) is 69.6 Å². The standard InChI is InChI=1S/C22H24N4O3/c1-16(26-21(28)18-7-2-3-8-19(18)22(26)29)20(27)25-11-5-10-24(12-13-25)15-17-6-4-9-23-14-17/h2-4,6-9,14,16H,5,10-13,15H2,1H3. The summed E-state index contributed by atoms with van der Waals surface area (Å²) >= 11 is 0. The van der Waals surface area contributed by atoms with E-state index >= 15 is 0 Å². The third kappa shape index (κ3) is 3.78. The van der Waals surface area contributed by atoms with E-state index in [-0.39, 0.29) is 17.7 Å². The predicted molar refractivity (Wildman–Crippen MR) is 107 cm³/mol. The van der Waals surface area contributed by atoms with Crippen LogP contribution in [0.5, 0.6) is 0 Å². The number of carbonyl (C=O) groups is 3. The zero-order valence-corrected chi connectivity index (χ0v) is 16.5. The molecular formula is C22H24N4O3. The van der Waals surface area contributed by atoms with E-state index < -0.39 is 6.04 Å². The highest BCUT2D eigenvalue weighted by molar-refractivity contribution is 6.22. The third-order valence-electron chi connectivity index (χ3n) is 5.60. The Kier molecular flexibility index (Phi) is 5.40. The van der Waals surface area contributed by atoms with Gasteiger partial charge in [0.1, 0.15) is 6.04 Å². The topological polar surface area (TPSA) is 73.8 Å². The maximum absolute atomic E-state index is 13.1. The van der Waals surface area contributed by atoms with E-state index in [1.807, 2.05) is 18.3 Å². The fourth-order valence-electron chi connectivity index (χ4n) is 4.03. The maximum atomic E-state index is 13.1. The number of amides is 3. The fraction of sp³-hybridized carbons (Fsp3) is 0.364. The first-order valence-electron chi connectivity index (χ1n) is 9.93. The zero-order valence-electron chi connectivity index (χ0n) is 16.5. The van der Waals surface area contributed by atoms with E-state index in [0.29, 0.717) is 24.2 Å². The molecule has 1 aromatic heterocycles. The lowest BCUT2D eigenvalue weighted by Crippen LogP contribution is -2.50. The smallest absolute Gasteiger partial charge is 0.262 e. The molecule has 0 spiro atoms. The monoisotopic (exact) mass is 392 g/mol. The molecule has 0 saturated carbocycles. The number of fused-ring (bicyclic) bond motifs is 1. The Morgan fingerprint density at radius 1 is 1.00 bits per heavy atom.